The van der Waals surface area contributed by atoms with Crippen molar-refractivity contribution in [2.75, 3.05) is 0 Å². The van der Waals surface area contributed by atoms with Gasteiger partial charge in [0.25, 0.3) is 0 Å². The molecule has 4 rings (SSSR count). The number of alkyl halides is 9. The number of hydrogen-bond acceptors (Lipinski definition) is 1. The summed E-state index contributed by atoms with van der Waals surface area (Å²) in [6.45, 7) is 3.98. The minimum Gasteiger partial charge on any atom is -0.309 e. The highest BCUT2D eigenvalue weighted by atomic mass is 19.4. The third kappa shape index (κ3) is 7.17. The van der Waals surface area contributed by atoms with Gasteiger partial charge in [-0.25, -0.2) is 30.7 Å². The predicted octanol–water partition coefficient (Wildman–Crippen LogP) is 10.6. The van der Waals surface area contributed by atoms with Crippen LogP contribution in [-0.4, -0.2) is 43.1 Å². The fourth-order valence-electron chi connectivity index (χ4n) is 6.47. The first-order valence-electron chi connectivity index (χ1n) is 14.4. The average Bonchev–Trinajstić information content (AvgIpc) is 2.86. The van der Waals surface area contributed by atoms with E-state index in [1.165, 1.54) is 0 Å². The molecule has 0 N–H and O–H groups in total. The van der Waals surface area contributed by atoms with Gasteiger partial charge in [-0.3, -0.25) is 0 Å². The molecular weight excluding hydrogens is 616 g/mol. The second kappa shape index (κ2) is 13.1. The topological polar surface area (TPSA) is 9.23 Å². The lowest BCUT2D eigenvalue weighted by molar-refractivity contribution is -0.242. The van der Waals surface area contributed by atoms with E-state index in [9.17, 15) is 35.1 Å². The van der Waals surface area contributed by atoms with Crippen molar-refractivity contribution >= 4 is 0 Å². The van der Waals surface area contributed by atoms with Crippen LogP contribution in [0.1, 0.15) is 58.8 Å². The van der Waals surface area contributed by atoms with Gasteiger partial charge in [0.1, 0.15) is 48.1 Å². The molecule has 8 atom stereocenters. The standard InChI is InChI=1S/C31H32F12O/c1-3-4-14(2)15-5-6-19(20(32)7-15)16-8-21(33)27(22(34)9-16)17-10-23(35)29(24(36)11-17)31(42,43)44-18-12-25(37)28(26(38)13-18)30(39,40)41/h5,8,10,12,14,18-20,22,24,26,28H,3-4,6-7,9,11,13H2,1-2H3/t14?,18?,19-,20?,22?,24?,26?,28?/m1/s1. The van der Waals surface area contributed by atoms with Crippen molar-refractivity contribution in [2.24, 2.45) is 17.8 Å². The fraction of sp³-hybridized carbons (Fsp3) is 0.613. The van der Waals surface area contributed by atoms with E-state index in [0.29, 0.717) is 6.08 Å². The Morgan fingerprint density at radius 1 is 0.886 bits per heavy atom. The van der Waals surface area contributed by atoms with Gasteiger partial charge in [-0.2, -0.15) is 22.0 Å². The van der Waals surface area contributed by atoms with Gasteiger partial charge in [0.2, 0.25) is 0 Å². The van der Waals surface area contributed by atoms with Gasteiger partial charge in [-0.1, -0.05) is 37.5 Å². The van der Waals surface area contributed by atoms with Crippen molar-refractivity contribution in [1.29, 1.82) is 0 Å². The zero-order valence-electron chi connectivity index (χ0n) is 23.8. The summed E-state index contributed by atoms with van der Waals surface area (Å²) in [6, 6.07) is 0. The van der Waals surface area contributed by atoms with Gasteiger partial charge in [-0.15, -0.1) is 0 Å². The van der Waals surface area contributed by atoms with E-state index < -0.39 is 108 Å². The SMILES string of the molecule is CCCC(C)C1=CC[C@H](C2=CC(F)=C(C3=CC(F)=C(C(F)(F)OC4C=C(F)C(C(F)(F)F)C(F)C4)C(F)C3)C(F)C2)C(F)C1. The Kier molecular flexibility index (Phi) is 10.3. The molecule has 0 amide bonds. The van der Waals surface area contributed by atoms with Crippen LogP contribution in [0.25, 0.3) is 0 Å². The molecule has 0 aromatic carbocycles. The monoisotopic (exact) mass is 648 g/mol. The first kappa shape index (κ1) is 34.4. The van der Waals surface area contributed by atoms with Crippen LogP contribution in [0.5, 0.6) is 0 Å². The molecule has 4 aliphatic carbocycles. The summed E-state index contributed by atoms with van der Waals surface area (Å²) in [4.78, 5) is 0. The molecule has 0 saturated heterocycles. The Morgan fingerprint density at radius 2 is 1.57 bits per heavy atom. The van der Waals surface area contributed by atoms with Crippen LogP contribution < -0.4 is 0 Å². The summed E-state index contributed by atoms with van der Waals surface area (Å²) in [6.07, 6.45) is -19.8. The van der Waals surface area contributed by atoms with Crippen LogP contribution in [0.3, 0.4) is 0 Å². The molecule has 0 heterocycles. The molecule has 13 heteroatoms. The number of rotatable bonds is 8. The molecule has 7 unspecified atom stereocenters. The zero-order valence-corrected chi connectivity index (χ0v) is 23.8. The van der Waals surface area contributed by atoms with Crippen LogP contribution in [0, 0.1) is 17.8 Å². The first-order valence-corrected chi connectivity index (χ1v) is 14.4. The molecule has 0 aromatic rings. The molecule has 0 radical (unpaired) electrons. The maximum Gasteiger partial charge on any atom is 0.400 e. The number of ether oxygens (including phenoxy) is 1. The summed E-state index contributed by atoms with van der Waals surface area (Å²) in [5, 5.41) is 0. The molecule has 44 heavy (non-hydrogen) atoms. The summed E-state index contributed by atoms with van der Waals surface area (Å²) in [5.74, 6) is -9.15. The van der Waals surface area contributed by atoms with Crippen molar-refractivity contribution in [3.63, 3.8) is 0 Å². The molecule has 0 aromatic heterocycles. The normalized spacial score (nSPS) is 33.1. The second-order valence-corrected chi connectivity index (χ2v) is 11.8. The lowest BCUT2D eigenvalue weighted by Crippen LogP contribution is -2.42. The third-order valence-corrected chi connectivity index (χ3v) is 8.67. The number of allylic oxidation sites excluding steroid dienone is 10. The Bertz CT molecular complexity index is 1290. The van der Waals surface area contributed by atoms with Crippen molar-refractivity contribution in [2.45, 2.75) is 102 Å². The van der Waals surface area contributed by atoms with Crippen molar-refractivity contribution in [3.05, 3.63) is 69.7 Å². The zero-order chi connectivity index (χ0) is 32.7. The van der Waals surface area contributed by atoms with E-state index in [1.807, 2.05) is 19.9 Å². The molecule has 4 aliphatic rings. The van der Waals surface area contributed by atoms with Gasteiger partial charge >= 0.3 is 12.3 Å². The van der Waals surface area contributed by atoms with E-state index in [1.54, 1.807) is 0 Å². The lowest BCUT2D eigenvalue weighted by Gasteiger charge is -2.34. The number of halogens is 12. The Hall–Kier alpha value is -2.44. The smallest absolute Gasteiger partial charge is 0.309 e. The van der Waals surface area contributed by atoms with E-state index in [-0.39, 0.29) is 30.4 Å². The molecule has 246 valence electrons. The van der Waals surface area contributed by atoms with Crippen molar-refractivity contribution in [3.8, 4) is 0 Å². The molecule has 0 spiro atoms. The quantitative estimate of drug-likeness (QED) is 0.188. The molecule has 0 bridgehead atoms. The average molecular weight is 649 g/mol. The molecular formula is C31H32F12O. The lowest BCUT2D eigenvalue weighted by atomic mass is 9.75. The van der Waals surface area contributed by atoms with Crippen LogP contribution in [-0.2, 0) is 4.74 Å². The van der Waals surface area contributed by atoms with E-state index in [0.717, 1.165) is 24.5 Å². The highest BCUT2D eigenvalue weighted by Gasteiger charge is 2.53. The summed E-state index contributed by atoms with van der Waals surface area (Å²) in [5.41, 5.74) is -2.24. The van der Waals surface area contributed by atoms with E-state index in [4.69, 9.17) is 0 Å². The summed E-state index contributed by atoms with van der Waals surface area (Å²) in [7, 11) is 0. The van der Waals surface area contributed by atoms with Gasteiger partial charge in [0.15, 0.2) is 0 Å². The largest absolute Gasteiger partial charge is 0.400 e. The number of hydrogen-bond donors (Lipinski definition) is 0. The summed E-state index contributed by atoms with van der Waals surface area (Å²) >= 11 is 0. The molecule has 0 saturated carbocycles. The van der Waals surface area contributed by atoms with Crippen LogP contribution in [0.15, 0.2) is 69.7 Å². The van der Waals surface area contributed by atoms with Gasteiger partial charge < -0.3 is 4.74 Å². The molecule has 0 aliphatic heterocycles. The first-order chi connectivity index (χ1) is 20.4. The van der Waals surface area contributed by atoms with E-state index in [2.05, 4.69) is 4.74 Å². The molecule has 0 fully saturated rings. The van der Waals surface area contributed by atoms with Crippen LogP contribution in [0.4, 0.5) is 52.7 Å². The van der Waals surface area contributed by atoms with E-state index >= 15 is 17.6 Å². The van der Waals surface area contributed by atoms with Crippen LogP contribution >= 0.6 is 0 Å². The van der Waals surface area contributed by atoms with Gasteiger partial charge in [0.05, 0.1) is 11.7 Å². The van der Waals surface area contributed by atoms with Gasteiger partial charge in [-0.05, 0) is 42.6 Å². The Morgan fingerprint density at radius 3 is 2.11 bits per heavy atom. The van der Waals surface area contributed by atoms with Gasteiger partial charge in [0, 0.05) is 37.2 Å². The highest BCUT2D eigenvalue weighted by molar-refractivity contribution is 5.51. The minimum atomic E-state index is -5.35. The maximum atomic E-state index is 15.3. The minimum absolute atomic E-state index is 0.0333. The van der Waals surface area contributed by atoms with Crippen molar-refractivity contribution < 1.29 is 57.4 Å². The Balaban J connectivity index is 1.55. The maximum absolute atomic E-state index is 15.3. The highest BCUT2D eigenvalue weighted by Crippen LogP contribution is 2.48. The third-order valence-electron chi connectivity index (χ3n) is 8.67. The predicted molar refractivity (Wildman–Crippen MR) is 139 cm³/mol. The van der Waals surface area contributed by atoms with Crippen LogP contribution in [0.2, 0.25) is 0 Å². The molecule has 1 nitrogen and oxygen atoms in total. The summed E-state index contributed by atoms with van der Waals surface area (Å²) < 4.78 is 176. The second-order valence-electron chi connectivity index (χ2n) is 11.8. The fourth-order valence-corrected chi connectivity index (χ4v) is 6.47. The van der Waals surface area contributed by atoms with Crippen molar-refractivity contribution in [1.82, 2.24) is 0 Å². The Labute approximate surface area is 247 Å².